The first-order valence-electron chi connectivity index (χ1n) is 16.3. The molecule has 1 aliphatic carbocycles. The number of nitrogens with one attached hydrogen (secondary N) is 1. The van der Waals surface area contributed by atoms with E-state index in [4.69, 9.17) is 18.5 Å². The van der Waals surface area contributed by atoms with Gasteiger partial charge in [-0.05, 0) is 12.3 Å². The molecule has 1 aromatic rings. The van der Waals surface area contributed by atoms with E-state index < -0.39 is 49.7 Å². The summed E-state index contributed by atoms with van der Waals surface area (Å²) < 4.78 is 47.2. The minimum absolute atomic E-state index is 0.139. The van der Waals surface area contributed by atoms with E-state index in [1.807, 2.05) is 4.98 Å². The Morgan fingerprint density at radius 3 is 2.21 bits per heavy atom. The van der Waals surface area contributed by atoms with Gasteiger partial charge < -0.3 is 19.5 Å². The summed E-state index contributed by atoms with van der Waals surface area (Å²) >= 11 is 0. The van der Waals surface area contributed by atoms with Gasteiger partial charge in [-0.25, -0.2) is 9.36 Å². The highest BCUT2D eigenvalue weighted by Gasteiger charge is 2.39. The molecule has 2 aliphatic rings. The molecule has 1 aromatic heterocycles. The number of rotatable bonds is 22. The standard InChI is InChI=1S/C30H52FN2O9P/c31-25-21-33(30(36)32-29(25)35)26-22-40-27(28(26)34)23-42-43(37,38)41-20-19-39-18-14-9-7-5-3-1-2-4-6-8-11-15-24-16-12-10-13-17-24/h21,24,26-28,34H,1-20,22-23H2,(H,37,38)(H,32,35,36)/t26?,27-,28+/m1/s1. The van der Waals surface area contributed by atoms with Gasteiger partial charge in [0.25, 0.3) is 5.56 Å². The lowest BCUT2D eigenvalue weighted by atomic mass is 9.85. The number of H-pyrrole nitrogens is 1. The maximum atomic E-state index is 13.6. The quantitative estimate of drug-likeness (QED) is 0.113. The molecular weight excluding hydrogens is 582 g/mol. The fourth-order valence-electron chi connectivity index (χ4n) is 5.99. The highest BCUT2D eigenvalue weighted by atomic mass is 31.2. The van der Waals surface area contributed by atoms with Crippen LogP contribution < -0.4 is 11.2 Å². The third-order valence-electron chi connectivity index (χ3n) is 8.55. The molecule has 4 atom stereocenters. The molecule has 2 unspecified atom stereocenters. The number of aromatic nitrogens is 2. The van der Waals surface area contributed by atoms with Crippen LogP contribution in [0, 0.1) is 11.7 Å². The SMILES string of the molecule is O=c1[nH]c(=O)n(C2CO[C@H](COP(=O)(O)OCCOCCCCCCCCCCCCCC3CCCCC3)[C@H]2O)cc1F. The molecule has 0 amide bonds. The lowest BCUT2D eigenvalue weighted by Crippen LogP contribution is -2.39. The van der Waals surface area contributed by atoms with Crippen LogP contribution in [0.3, 0.4) is 0 Å². The molecule has 3 N–H and O–H groups in total. The van der Waals surface area contributed by atoms with Crippen molar-refractivity contribution < 1.29 is 37.5 Å². The van der Waals surface area contributed by atoms with Gasteiger partial charge >= 0.3 is 13.5 Å². The van der Waals surface area contributed by atoms with Gasteiger partial charge in [-0.15, -0.1) is 0 Å². The van der Waals surface area contributed by atoms with E-state index >= 15 is 0 Å². The van der Waals surface area contributed by atoms with Gasteiger partial charge in [0, 0.05) is 6.61 Å². The second kappa shape index (κ2) is 19.9. The summed E-state index contributed by atoms with van der Waals surface area (Å²) in [5, 5.41) is 10.4. The third kappa shape index (κ3) is 13.6. The molecule has 1 saturated heterocycles. The Bertz CT molecular complexity index is 1080. The van der Waals surface area contributed by atoms with E-state index in [1.54, 1.807) is 0 Å². The van der Waals surface area contributed by atoms with Crippen LogP contribution in [0.25, 0.3) is 0 Å². The number of nitrogens with zero attached hydrogens (tertiary/aromatic N) is 1. The zero-order valence-corrected chi connectivity index (χ0v) is 26.4. The fourth-order valence-corrected chi connectivity index (χ4v) is 6.70. The van der Waals surface area contributed by atoms with E-state index in [2.05, 4.69) is 0 Å². The minimum Gasteiger partial charge on any atom is -0.388 e. The number of hydrogen-bond donors (Lipinski definition) is 3. The predicted molar refractivity (Wildman–Crippen MR) is 161 cm³/mol. The van der Waals surface area contributed by atoms with Crippen LogP contribution in [-0.2, 0) is 23.1 Å². The monoisotopic (exact) mass is 634 g/mol. The van der Waals surface area contributed by atoms with Crippen LogP contribution in [0.15, 0.2) is 15.8 Å². The second-order valence-electron chi connectivity index (χ2n) is 12.0. The maximum absolute atomic E-state index is 13.6. The van der Waals surface area contributed by atoms with E-state index in [1.165, 1.54) is 96.3 Å². The largest absolute Gasteiger partial charge is 0.472 e. The van der Waals surface area contributed by atoms with Crippen LogP contribution >= 0.6 is 7.82 Å². The van der Waals surface area contributed by atoms with Crippen molar-refractivity contribution in [3.8, 4) is 0 Å². The van der Waals surface area contributed by atoms with Crippen LogP contribution in [0.1, 0.15) is 115 Å². The first-order valence-corrected chi connectivity index (χ1v) is 17.8. The number of phosphoric ester groups is 1. The van der Waals surface area contributed by atoms with E-state index in [9.17, 15) is 28.5 Å². The van der Waals surface area contributed by atoms with Crippen LogP contribution in [0.2, 0.25) is 0 Å². The van der Waals surface area contributed by atoms with Crippen LogP contribution in [0.5, 0.6) is 0 Å². The van der Waals surface area contributed by atoms with E-state index in [0.29, 0.717) is 12.8 Å². The number of unbranched alkanes of at least 4 members (excludes halogenated alkanes) is 10. The Hall–Kier alpha value is -1.40. The van der Waals surface area contributed by atoms with Gasteiger partial charge in [0.05, 0.1) is 38.7 Å². The van der Waals surface area contributed by atoms with Crippen molar-refractivity contribution in [2.45, 2.75) is 127 Å². The molecule has 43 heavy (non-hydrogen) atoms. The summed E-state index contributed by atoms with van der Waals surface area (Å²) in [4.78, 5) is 34.9. The number of phosphoric acid groups is 1. The fraction of sp³-hybridized carbons (Fsp3) is 0.867. The van der Waals surface area contributed by atoms with Gasteiger partial charge in [-0.3, -0.25) is 23.4 Å². The number of aliphatic hydroxyl groups is 1. The molecule has 1 aliphatic heterocycles. The lowest BCUT2D eigenvalue weighted by molar-refractivity contribution is -0.00374. The summed E-state index contributed by atoms with van der Waals surface area (Å²) in [5.74, 6) is -0.169. The third-order valence-corrected chi connectivity index (χ3v) is 9.53. The minimum atomic E-state index is -4.43. The molecule has 11 nitrogen and oxygen atoms in total. The Kier molecular flexibility index (Phi) is 16.7. The Labute approximate surface area is 254 Å². The number of ether oxygens (including phenoxy) is 2. The molecule has 0 bridgehead atoms. The van der Waals surface area contributed by atoms with E-state index in [0.717, 1.165) is 23.3 Å². The summed E-state index contributed by atoms with van der Waals surface area (Å²) in [6, 6.07) is -1.00. The van der Waals surface area contributed by atoms with Crippen molar-refractivity contribution in [3.05, 3.63) is 32.9 Å². The average Bonchev–Trinajstić information content (AvgIpc) is 3.35. The highest BCUT2D eigenvalue weighted by Crippen LogP contribution is 2.43. The Morgan fingerprint density at radius 1 is 0.907 bits per heavy atom. The molecule has 1 saturated carbocycles. The summed E-state index contributed by atoms with van der Waals surface area (Å²) in [7, 11) is -4.43. The van der Waals surface area contributed by atoms with Crippen molar-refractivity contribution in [2.75, 3.05) is 33.0 Å². The number of aliphatic hydroxyl groups excluding tert-OH is 1. The number of hydrogen-bond acceptors (Lipinski definition) is 8. The highest BCUT2D eigenvalue weighted by molar-refractivity contribution is 7.47. The average molecular weight is 635 g/mol. The number of aromatic amines is 1. The van der Waals surface area contributed by atoms with Gasteiger partial charge in [0.1, 0.15) is 12.2 Å². The van der Waals surface area contributed by atoms with Crippen LogP contribution in [0.4, 0.5) is 4.39 Å². The zero-order chi connectivity index (χ0) is 30.9. The molecule has 13 heteroatoms. The maximum Gasteiger partial charge on any atom is 0.472 e. The van der Waals surface area contributed by atoms with Gasteiger partial charge in [-0.2, -0.15) is 4.39 Å². The van der Waals surface area contributed by atoms with Crippen molar-refractivity contribution in [1.29, 1.82) is 0 Å². The molecule has 3 rings (SSSR count). The first kappa shape index (κ1) is 36.1. The van der Waals surface area contributed by atoms with E-state index in [-0.39, 0.29) is 19.8 Å². The molecule has 2 fully saturated rings. The van der Waals surface area contributed by atoms with Crippen molar-refractivity contribution in [1.82, 2.24) is 9.55 Å². The first-order chi connectivity index (χ1) is 20.8. The number of halogens is 1. The van der Waals surface area contributed by atoms with Crippen LogP contribution in [-0.4, -0.2) is 64.8 Å². The zero-order valence-electron chi connectivity index (χ0n) is 25.5. The molecule has 0 spiro atoms. The smallest absolute Gasteiger partial charge is 0.388 e. The summed E-state index contributed by atoms with van der Waals surface area (Å²) in [6.07, 6.45) is 21.0. The molecule has 0 aromatic carbocycles. The Balaban J connectivity index is 1.11. The van der Waals surface area contributed by atoms with Gasteiger partial charge in [-0.1, -0.05) is 103 Å². The van der Waals surface area contributed by atoms with Gasteiger partial charge in [0.2, 0.25) is 5.82 Å². The van der Waals surface area contributed by atoms with Gasteiger partial charge in [0.15, 0.2) is 0 Å². The summed E-state index contributed by atoms with van der Waals surface area (Å²) in [6.45, 7) is -0.134. The van der Waals surface area contributed by atoms with Crippen molar-refractivity contribution in [2.24, 2.45) is 5.92 Å². The summed E-state index contributed by atoms with van der Waals surface area (Å²) in [5.41, 5.74) is -2.08. The van der Waals surface area contributed by atoms with Crippen molar-refractivity contribution >= 4 is 7.82 Å². The second-order valence-corrected chi connectivity index (χ2v) is 13.4. The Morgan fingerprint density at radius 2 is 1.53 bits per heavy atom. The molecule has 2 heterocycles. The van der Waals surface area contributed by atoms with Crippen molar-refractivity contribution in [3.63, 3.8) is 0 Å². The molecule has 0 radical (unpaired) electrons. The predicted octanol–water partition coefficient (Wildman–Crippen LogP) is 5.39. The topological polar surface area (TPSA) is 149 Å². The molecular formula is C30H52FN2O9P. The molecule has 248 valence electrons. The normalized spacial score (nSPS) is 22.6. The lowest BCUT2D eigenvalue weighted by Gasteiger charge is -2.21.